The van der Waals surface area contributed by atoms with Crippen molar-refractivity contribution < 1.29 is 33.8 Å². The summed E-state index contributed by atoms with van der Waals surface area (Å²) in [6.45, 7) is 13.6. The average molecular weight is 508 g/mol. The van der Waals surface area contributed by atoms with Crippen molar-refractivity contribution in [2.75, 3.05) is 19.8 Å². The Morgan fingerprint density at radius 3 is 2.22 bits per heavy atom. The Balaban J connectivity index is 3.32. The van der Waals surface area contributed by atoms with Gasteiger partial charge in [0.15, 0.2) is 0 Å². The molecule has 0 spiro atoms. The van der Waals surface area contributed by atoms with Gasteiger partial charge in [0.2, 0.25) is 11.8 Å². The summed E-state index contributed by atoms with van der Waals surface area (Å²) in [4.78, 5) is 52.3. The van der Waals surface area contributed by atoms with Crippen LogP contribution in [0.4, 0.5) is 4.79 Å². The smallest absolute Gasteiger partial charge is 0.408 e. The maximum Gasteiger partial charge on any atom is 0.408 e. The summed E-state index contributed by atoms with van der Waals surface area (Å²) in [5.74, 6) is -1.60. The van der Waals surface area contributed by atoms with E-state index in [-0.39, 0.29) is 19.6 Å². The van der Waals surface area contributed by atoms with Crippen LogP contribution in [0.25, 0.3) is 0 Å². The molecule has 0 fully saturated rings. The Morgan fingerprint density at radius 1 is 1.08 bits per heavy atom. The van der Waals surface area contributed by atoms with Crippen LogP contribution in [-0.2, 0) is 23.9 Å². The molecule has 3 N–H and O–H groups in total. The lowest BCUT2D eigenvalue weighted by Crippen LogP contribution is -2.56. The van der Waals surface area contributed by atoms with Crippen molar-refractivity contribution >= 4 is 23.9 Å². The van der Waals surface area contributed by atoms with Gasteiger partial charge >= 0.3 is 12.1 Å². The monoisotopic (exact) mass is 507 g/mol. The third-order valence-electron chi connectivity index (χ3n) is 5.29. The lowest BCUT2D eigenvalue weighted by atomic mass is 9.97. The molecular weight excluding hydrogens is 466 g/mol. The molecule has 2 unspecified atom stereocenters. The molecule has 0 radical (unpaired) electrons. The van der Waals surface area contributed by atoms with Gasteiger partial charge in [0.1, 0.15) is 17.7 Å². The highest BCUT2D eigenvalue weighted by molar-refractivity contribution is 5.92. The number of alkyl carbamates (subject to hydrolysis) is 1. The molecule has 0 saturated carbocycles. The van der Waals surface area contributed by atoms with Crippen LogP contribution < -0.4 is 10.6 Å². The molecule has 2 atom stereocenters. The average Bonchev–Trinajstić information content (AvgIpc) is 2.75. The van der Waals surface area contributed by atoms with Gasteiger partial charge in [0, 0.05) is 12.6 Å². The second kappa shape index (κ2) is 13.8. The number of carbonyl (C=O) groups is 4. The fraction of sp³-hybridized carbons (Fsp3) is 0.615. The number of esters is 1. The minimum atomic E-state index is -1.33. The van der Waals surface area contributed by atoms with Crippen molar-refractivity contribution in [1.29, 1.82) is 0 Å². The Bertz CT molecular complexity index is 925. The number of hydrogen-bond acceptors (Lipinski definition) is 7. The number of carbonyl (C=O) groups excluding carboxylic acids is 4. The predicted octanol–water partition coefficient (Wildman–Crippen LogP) is 2.54. The second-order valence-corrected chi connectivity index (χ2v) is 9.81. The van der Waals surface area contributed by atoms with E-state index in [4.69, 9.17) is 9.47 Å². The van der Waals surface area contributed by atoms with Gasteiger partial charge in [-0.25, -0.2) is 4.79 Å². The van der Waals surface area contributed by atoms with Crippen LogP contribution in [0.15, 0.2) is 18.2 Å². The molecule has 202 valence electrons. The summed E-state index contributed by atoms with van der Waals surface area (Å²) < 4.78 is 10.1. The highest BCUT2D eigenvalue weighted by Gasteiger charge is 2.37. The van der Waals surface area contributed by atoms with E-state index in [9.17, 15) is 24.3 Å². The largest absolute Gasteiger partial charge is 0.466 e. The molecule has 0 heterocycles. The molecule has 10 heteroatoms. The normalized spacial score (nSPS) is 12.9. The lowest BCUT2D eigenvalue weighted by molar-refractivity contribution is -0.146. The minimum absolute atomic E-state index is 0.0195. The molecule has 36 heavy (non-hydrogen) atoms. The number of benzene rings is 1. The van der Waals surface area contributed by atoms with E-state index in [1.54, 1.807) is 47.6 Å². The SMILES string of the molecule is CCOC(=O)CCNC(=O)C(c1ccc(C)c(C)c1)N(C(=O)C(CO)NC(=O)OC(C)(C)C)C(C)C. The molecule has 1 aromatic rings. The predicted molar refractivity (Wildman–Crippen MR) is 135 cm³/mol. The lowest BCUT2D eigenvalue weighted by Gasteiger charge is -2.37. The van der Waals surface area contributed by atoms with Gasteiger partial charge in [-0.2, -0.15) is 0 Å². The number of ether oxygens (including phenoxy) is 2. The van der Waals surface area contributed by atoms with Gasteiger partial charge in [0.25, 0.3) is 0 Å². The van der Waals surface area contributed by atoms with Crippen LogP contribution in [-0.4, -0.2) is 71.3 Å². The fourth-order valence-corrected chi connectivity index (χ4v) is 3.49. The first-order chi connectivity index (χ1) is 16.7. The highest BCUT2D eigenvalue weighted by atomic mass is 16.6. The van der Waals surface area contributed by atoms with Crippen LogP contribution >= 0.6 is 0 Å². The maximum atomic E-state index is 13.6. The first kappa shape index (κ1) is 30.9. The van der Waals surface area contributed by atoms with Crippen molar-refractivity contribution in [3.05, 3.63) is 34.9 Å². The van der Waals surface area contributed by atoms with E-state index in [1.165, 1.54) is 4.90 Å². The minimum Gasteiger partial charge on any atom is -0.466 e. The fourth-order valence-electron chi connectivity index (χ4n) is 3.49. The third kappa shape index (κ3) is 9.49. The summed E-state index contributed by atoms with van der Waals surface area (Å²) in [7, 11) is 0. The molecule has 0 aliphatic rings. The third-order valence-corrected chi connectivity index (χ3v) is 5.29. The van der Waals surface area contributed by atoms with Crippen molar-refractivity contribution in [2.45, 2.75) is 85.5 Å². The Kier molecular flexibility index (Phi) is 11.9. The highest BCUT2D eigenvalue weighted by Crippen LogP contribution is 2.26. The number of rotatable bonds is 11. The number of nitrogens with one attached hydrogen (secondary N) is 2. The number of nitrogens with zero attached hydrogens (tertiary/aromatic N) is 1. The van der Waals surface area contributed by atoms with E-state index in [0.717, 1.165) is 11.1 Å². The summed E-state index contributed by atoms with van der Waals surface area (Å²) in [5, 5.41) is 15.0. The summed E-state index contributed by atoms with van der Waals surface area (Å²) in [5.41, 5.74) is 1.70. The molecule has 0 aliphatic carbocycles. The van der Waals surface area contributed by atoms with Crippen molar-refractivity contribution in [3.8, 4) is 0 Å². The van der Waals surface area contributed by atoms with Crippen LogP contribution in [0.1, 0.15) is 70.7 Å². The van der Waals surface area contributed by atoms with Gasteiger partial charge in [0.05, 0.1) is 19.6 Å². The molecule has 0 aliphatic heterocycles. The first-order valence-corrected chi connectivity index (χ1v) is 12.1. The number of hydrogen-bond donors (Lipinski definition) is 3. The molecule has 0 bridgehead atoms. The summed E-state index contributed by atoms with van der Waals surface area (Å²) >= 11 is 0. The van der Waals surface area contributed by atoms with Crippen LogP contribution in [0.2, 0.25) is 0 Å². The molecule has 10 nitrogen and oxygen atoms in total. The van der Waals surface area contributed by atoms with Crippen LogP contribution in [0, 0.1) is 13.8 Å². The van der Waals surface area contributed by atoms with E-state index in [1.807, 2.05) is 26.0 Å². The maximum absolute atomic E-state index is 13.6. The number of aliphatic hydroxyl groups is 1. The van der Waals surface area contributed by atoms with E-state index in [0.29, 0.717) is 5.56 Å². The zero-order chi connectivity index (χ0) is 27.6. The van der Waals surface area contributed by atoms with E-state index in [2.05, 4.69) is 10.6 Å². The molecular formula is C26H41N3O7. The Morgan fingerprint density at radius 2 is 1.72 bits per heavy atom. The number of amides is 3. The first-order valence-electron chi connectivity index (χ1n) is 12.1. The summed E-state index contributed by atoms with van der Waals surface area (Å²) in [6, 6.07) is 2.56. The molecule has 0 aromatic heterocycles. The van der Waals surface area contributed by atoms with Gasteiger partial charge in [-0.05, 0) is 72.1 Å². The van der Waals surface area contributed by atoms with Crippen molar-refractivity contribution in [3.63, 3.8) is 0 Å². The van der Waals surface area contributed by atoms with Crippen LogP contribution in [0.5, 0.6) is 0 Å². The molecule has 3 amide bonds. The Hall–Kier alpha value is -3.14. The zero-order valence-electron chi connectivity index (χ0n) is 22.6. The number of aliphatic hydroxyl groups excluding tert-OH is 1. The number of aryl methyl sites for hydroxylation is 2. The molecule has 1 rings (SSSR count). The quantitative estimate of drug-likeness (QED) is 0.392. The zero-order valence-corrected chi connectivity index (χ0v) is 22.6. The topological polar surface area (TPSA) is 134 Å². The van der Waals surface area contributed by atoms with Crippen molar-refractivity contribution in [2.24, 2.45) is 0 Å². The van der Waals surface area contributed by atoms with Gasteiger partial charge < -0.3 is 30.1 Å². The van der Waals surface area contributed by atoms with Crippen molar-refractivity contribution in [1.82, 2.24) is 15.5 Å². The molecule has 0 saturated heterocycles. The van der Waals surface area contributed by atoms with Crippen LogP contribution in [0.3, 0.4) is 0 Å². The van der Waals surface area contributed by atoms with Gasteiger partial charge in [-0.3, -0.25) is 14.4 Å². The van der Waals surface area contributed by atoms with E-state index < -0.39 is 54.2 Å². The van der Waals surface area contributed by atoms with Gasteiger partial charge in [-0.15, -0.1) is 0 Å². The standard InChI is InChI=1S/C26H41N3O7/c1-9-35-21(31)12-13-27-23(32)22(19-11-10-17(4)18(5)14-19)29(16(2)3)24(33)20(15-30)28-25(34)36-26(6,7)8/h10-11,14,16,20,22,30H,9,12-13,15H2,1-8H3,(H,27,32)(H,28,34). The van der Waals surface area contributed by atoms with Gasteiger partial charge in [-0.1, -0.05) is 18.2 Å². The van der Waals surface area contributed by atoms with E-state index >= 15 is 0 Å². The molecule has 1 aromatic carbocycles. The Labute approximate surface area is 213 Å². The second-order valence-electron chi connectivity index (χ2n) is 9.81. The summed E-state index contributed by atoms with van der Waals surface area (Å²) in [6.07, 6.45) is -0.880.